The summed E-state index contributed by atoms with van der Waals surface area (Å²) in [7, 11) is 1.59. The molecule has 1 aliphatic rings. The number of amides is 1. The number of hydrogen-bond donors (Lipinski definition) is 2. The zero-order valence-electron chi connectivity index (χ0n) is 6.00. The Morgan fingerprint density at radius 1 is 1.90 bits per heavy atom. The molecular formula is C6H12N2O2. The maximum absolute atomic E-state index is 10.3. The quantitative estimate of drug-likeness (QED) is 0.571. The predicted octanol–water partition coefficient (Wildman–Crippen LogP) is -0.0419. The minimum Gasteiger partial charge on any atom is -0.465 e. The molecule has 4 heteroatoms. The van der Waals surface area contributed by atoms with Gasteiger partial charge in [-0.15, -0.1) is 0 Å². The van der Waals surface area contributed by atoms with Crippen LogP contribution in [-0.4, -0.2) is 42.3 Å². The van der Waals surface area contributed by atoms with E-state index in [4.69, 9.17) is 5.11 Å². The first-order valence-corrected chi connectivity index (χ1v) is 3.37. The van der Waals surface area contributed by atoms with Crippen LogP contribution in [0.4, 0.5) is 4.79 Å². The summed E-state index contributed by atoms with van der Waals surface area (Å²) < 4.78 is 0. The summed E-state index contributed by atoms with van der Waals surface area (Å²) in [6.45, 7) is 1.63. The number of nitrogens with zero attached hydrogens (tertiary/aromatic N) is 1. The van der Waals surface area contributed by atoms with E-state index in [1.165, 1.54) is 4.90 Å². The van der Waals surface area contributed by atoms with E-state index in [2.05, 4.69) is 5.32 Å². The van der Waals surface area contributed by atoms with E-state index in [0.717, 1.165) is 13.0 Å². The highest BCUT2D eigenvalue weighted by Gasteiger charge is 2.19. The van der Waals surface area contributed by atoms with Crippen molar-refractivity contribution in [3.63, 3.8) is 0 Å². The summed E-state index contributed by atoms with van der Waals surface area (Å²) in [6, 6.07) is 0.390. The third kappa shape index (κ3) is 1.60. The lowest BCUT2D eigenvalue weighted by atomic mass is 10.1. The van der Waals surface area contributed by atoms with E-state index in [-0.39, 0.29) is 0 Å². The van der Waals surface area contributed by atoms with Crippen LogP contribution in [0, 0.1) is 0 Å². The molecule has 0 radical (unpaired) electrons. The zero-order valence-corrected chi connectivity index (χ0v) is 6.00. The van der Waals surface area contributed by atoms with Crippen molar-refractivity contribution in [1.82, 2.24) is 10.2 Å². The van der Waals surface area contributed by atoms with Crippen molar-refractivity contribution in [2.24, 2.45) is 0 Å². The molecule has 1 saturated heterocycles. The number of rotatable bonds is 2. The molecule has 1 amide bonds. The van der Waals surface area contributed by atoms with Crippen molar-refractivity contribution in [2.45, 2.75) is 12.5 Å². The number of nitrogens with one attached hydrogen (secondary N) is 1. The number of carboxylic acid groups (broad SMARTS) is 1. The topological polar surface area (TPSA) is 52.6 Å². The number of carbonyl (C=O) groups is 1. The molecular weight excluding hydrogens is 132 g/mol. The van der Waals surface area contributed by atoms with Gasteiger partial charge >= 0.3 is 6.09 Å². The van der Waals surface area contributed by atoms with Gasteiger partial charge in [-0.3, -0.25) is 0 Å². The van der Waals surface area contributed by atoms with Crippen LogP contribution in [0.1, 0.15) is 6.42 Å². The highest BCUT2D eigenvalue weighted by Crippen LogP contribution is 2.02. The van der Waals surface area contributed by atoms with Crippen LogP contribution in [0.25, 0.3) is 0 Å². The van der Waals surface area contributed by atoms with E-state index < -0.39 is 6.09 Å². The van der Waals surface area contributed by atoms with Gasteiger partial charge in [0.05, 0.1) is 0 Å². The van der Waals surface area contributed by atoms with Gasteiger partial charge in [0.15, 0.2) is 0 Å². The molecule has 0 aromatic carbocycles. The van der Waals surface area contributed by atoms with Gasteiger partial charge in [-0.2, -0.15) is 0 Å². The van der Waals surface area contributed by atoms with Crippen LogP contribution < -0.4 is 5.32 Å². The second-order valence-electron chi connectivity index (χ2n) is 2.60. The smallest absolute Gasteiger partial charge is 0.407 e. The minimum absolute atomic E-state index is 0.390. The van der Waals surface area contributed by atoms with Crippen molar-refractivity contribution < 1.29 is 9.90 Å². The molecule has 10 heavy (non-hydrogen) atoms. The molecule has 58 valence electrons. The fraction of sp³-hybridized carbons (Fsp3) is 0.833. The Hall–Kier alpha value is -0.770. The second-order valence-corrected chi connectivity index (χ2v) is 2.60. The van der Waals surface area contributed by atoms with E-state index in [1.54, 1.807) is 7.05 Å². The summed E-state index contributed by atoms with van der Waals surface area (Å²) in [5.41, 5.74) is 0. The lowest BCUT2D eigenvalue weighted by Crippen LogP contribution is -2.50. The lowest BCUT2D eigenvalue weighted by Gasteiger charge is -2.30. The Kier molecular flexibility index (Phi) is 2.11. The molecule has 0 aromatic rings. The normalized spacial score (nSPS) is 23.5. The van der Waals surface area contributed by atoms with Gasteiger partial charge in [-0.25, -0.2) is 4.79 Å². The van der Waals surface area contributed by atoms with Crippen LogP contribution >= 0.6 is 0 Å². The average molecular weight is 144 g/mol. The van der Waals surface area contributed by atoms with Crippen molar-refractivity contribution in [2.75, 3.05) is 20.1 Å². The highest BCUT2D eigenvalue weighted by molar-refractivity contribution is 5.64. The van der Waals surface area contributed by atoms with Gasteiger partial charge in [-0.1, -0.05) is 0 Å². The summed E-state index contributed by atoms with van der Waals surface area (Å²) >= 11 is 0. The summed E-state index contributed by atoms with van der Waals surface area (Å²) in [4.78, 5) is 11.6. The van der Waals surface area contributed by atoms with Gasteiger partial charge in [-0.05, 0) is 13.0 Å². The standard InChI is InChI=1S/C6H12N2O2/c1-8(6(9)10)4-5-2-3-7-5/h5,7H,2-4H2,1H3,(H,9,10)/t5-/m1/s1. The Morgan fingerprint density at radius 2 is 2.50 bits per heavy atom. The largest absolute Gasteiger partial charge is 0.465 e. The van der Waals surface area contributed by atoms with Crippen molar-refractivity contribution in [1.29, 1.82) is 0 Å². The zero-order chi connectivity index (χ0) is 7.56. The van der Waals surface area contributed by atoms with Crippen LogP contribution in [0.5, 0.6) is 0 Å². The number of hydrogen-bond acceptors (Lipinski definition) is 2. The van der Waals surface area contributed by atoms with Crippen molar-refractivity contribution >= 4 is 6.09 Å². The van der Waals surface area contributed by atoms with Crippen LogP contribution in [0.3, 0.4) is 0 Å². The second kappa shape index (κ2) is 2.88. The first kappa shape index (κ1) is 7.34. The minimum atomic E-state index is -0.853. The maximum Gasteiger partial charge on any atom is 0.407 e. The molecule has 0 spiro atoms. The van der Waals surface area contributed by atoms with Crippen LogP contribution in [0.2, 0.25) is 0 Å². The van der Waals surface area contributed by atoms with E-state index in [9.17, 15) is 4.79 Å². The van der Waals surface area contributed by atoms with Gasteiger partial charge in [0.25, 0.3) is 0 Å². The molecule has 4 nitrogen and oxygen atoms in total. The first-order valence-electron chi connectivity index (χ1n) is 3.37. The van der Waals surface area contributed by atoms with Gasteiger partial charge < -0.3 is 15.3 Å². The fourth-order valence-electron chi connectivity index (χ4n) is 0.913. The molecule has 0 aromatic heterocycles. The predicted molar refractivity (Wildman–Crippen MR) is 37.1 cm³/mol. The Balaban J connectivity index is 2.16. The summed E-state index contributed by atoms with van der Waals surface area (Å²) in [5.74, 6) is 0. The summed E-state index contributed by atoms with van der Waals surface area (Å²) in [6.07, 6.45) is 0.242. The van der Waals surface area contributed by atoms with E-state index in [1.807, 2.05) is 0 Å². The molecule has 1 fully saturated rings. The molecule has 2 N–H and O–H groups in total. The van der Waals surface area contributed by atoms with E-state index in [0.29, 0.717) is 12.6 Å². The average Bonchev–Trinajstić information content (AvgIpc) is 1.77. The molecule has 1 aliphatic heterocycles. The maximum atomic E-state index is 10.3. The molecule has 0 unspecified atom stereocenters. The Bertz CT molecular complexity index is 134. The van der Waals surface area contributed by atoms with Crippen LogP contribution in [0.15, 0.2) is 0 Å². The van der Waals surface area contributed by atoms with Gasteiger partial charge in [0.1, 0.15) is 0 Å². The summed E-state index contributed by atoms with van der Waals surface area (Å²) in [5, 5.41) is 11.6. The van der Waals surface area contributed by atoms with Crippen molar-refractivity contribution in [3.8, 4) is 0 Å². The monoisotopic (exact) mass is 144 g/mol. The molecule has 0 saturated carbocycles. The third-order valence-corrected chi connectivity index (χ3v) is 1.75. The highest BCUT2D eigenvalue weighted by atomic mass is 16.4. The van der Waals surface area contributed by atoms with E-state index >= 15 is 0 Å². The first-order chi connectivity index (χ1) is 4.70. The van der Waals surface area contributed by atoms with Gasteiger partial charge in [0, 0.05) is 19.6 Å². The molecule has 0 bridgehead atoms. The molecule has 0 aliphatic carbocycles. The molecule has 1 rings (SSSR count). The van der Waals surface area contributed by atoms with Gasteiger partial charge in [0.2, 0.25) is 0 Å². The number of likely N-dealkylation sites (N-methyl/N-ethyl adjacent to an activating group) is 1. The SMILES string of the molecule is CN(C[C@H]1CCN1)C(=O)O. The Morgan fingerprint density at radius 3 is 2.80 bits per heavy atom. The molecule has 1 atom stereocenters. The third-order valence-electron chi connectivity index (χ3n) is 1.75. The van der Waals surface area contributed by atoms with Crippen molar-refractivity contribution in [3.05, 3.63) is 0 Å². The Labute approximate surface area is 59.8 Å². The fourth-order valence-corrected chi connectivity index (χ4v) is 0.913. The molecule has 1 heterocycles. The lowest BCUT2D eigenvalue weighted by molar-refractivity contribution is 0.145. The van der Waals surface area contributed by atoms with Crippen LogP contribution in [-0.2, 0) is 0 Å².